The van der Waals surface area contributed by atoms with Crippen molar-refractivity contribution < 1.29 is 9.59 Å². The Balaban J connectivity index is 1.65. The lowest BCUT2D eigenvalue weighted by Gasteiger charge is -2.11. The first-order valence-electron chi connectivity index (χ1n) is 11.4. The van der Waals surface area contributed by atoms with Crippen LogP contribution in [0, 0.1) is 0 Å². The molecule has 0 fully saturated rings. The second-order valence-corrected chi connectivity index (χ2v) is 9.47. The van der Waals surface area contributed by atoms with E-state index in [0.717, 1.165) is 59.0 Å². The zero-order valence-corrected chi connectivity index (χ0v) is 20.3. The van der Waals surface area contributed by atoms with E-state index >= 15 is 0 Å². The summed E-state index contributed by atoms with van der Waals surface area (Å²) in [5.41, 5.74) is 5.10. The van der Waals surface area contributed by atoms with Crippen LogP contribution in [0.15, 0.2) is 48.5 Å². The molecule has 0 spiro atoms. The van der Waals surface area contributed by atoms with E-state index in [1.165, 1.54) is 0 Å². The van der Waals surface area contributed by atoms with Crippen LogP contribution in [0.4, 0.5) is 5.69 Å². The lowest BCUT2D eigenvalue weighted by atomic mass is 9.93. The predicted molar refractivity (Wildman–Crippen MR) is 139 cm³/mol. The monoisotopic (exact) mass is 474 g/mol. The number of hydrogen-bond acceptors (Lipinski definition) is 4. The molecule has 34 heavy (non-hydrogen) atoms. The number of carbonyl (C=O) groups is 2. The normalized spacial score (nSPS) is 13.2. The quantitative estimate of drug-likeness (QED) is 0.282. The number of benzene rings is 3. The molecule has 2 amide bonds. The first kappa shape index (κ1) is 22.4. The van der Waals surface area contributed by atoms with E-state index in [-0.39, 0.29) is 11.8 Å². The van der Waals surface area contributed by atoms with Crippen molar-refractivity contribution in [3.63, 3.8) is 0 Å². The highest BCUT2D eigenvalue weighted by atomic mass is 35.5. The smallest absolute Gasteiger partial charge is 0.259 e. The maximum atomic E-state index is 13.0. The van der Waals surface area contributed by atoms with Crippen molar-refractivity contribution in [2.75, 3.05) is 32.5 Å². The third-order valence-corrected chi connectivity index (χ3v) is 6.83. The van der Waals surface area contributed by atoms with Crippen LogP contribution in [0.1, 0.15) is 33.6 Å². The fourth-order valence-electron chi connectivity index (χ4n) is 4.84. The maximum Gasteiger partial charge on any atom is 0.259 e. The molecule has 6 nitrogen and oxygen atoms in total. The molecule has 0 bridgehead atoms. The molecular weight excluding hydrogens is 448 g/mol. The minimum atomic E-state index is -0.385. The van der Waals surface area contributed by atoms with E-state index in [1.54, 1.807) is 6.07 Å². The summed E-state index contributed by atoms with van der Waals surface area (Å²) in [7, 11) is 6.15. The van der Waals surface area contributed by atoms with Crippen LogP contribution in [-0.4, -0.2) is 48.5 Å². The van der Waals surface area contributed by atoms with Crippen LogP contribution < -0.4 is 10.6 Å². The van der Waals surface area contributed by atoms with E-state index in [9.17, 15) is 9.59 Å². The predicted octanol–water partition coefficient (Wildman–Crippen LogP) is 5.29. The summed E-state index contributed by atoms with van der Waals surface area (Å²) in [6.45, 7) is 1.94. The van der Waals surface area contributed by atoms with Crippen molar-refractivity contribution in [2.24, 2.45) is 7.05 Å². The highest BCUT2D eigenvalue weighted by molar-refractivity contribution is 6.36. The number of imide groups is 1. The number of fused-ring (bicyclic) bond motifs is 5. The molecule has 3 aromatic carbocycles. The minimum absolute atomic E-state index is 0.367. The molecule has 1 aromatic heterocycles. The van der Waals surface area contributed by atoms with E-state index in [4.69, 9.17) is 11.6 Å². The SMILES string of the molecule is CN(C)CCCCNc1ccc2c(c1)c1c3c(c(-c4ccccc4Cl)cc1n2C)C(=O)NC3=O. The number of unbranched alkanes of at least 4 members (excludes halogenated alkanes) is 1. The fraction of sp³-hybridized carbons (Fsp3) is 0.259. The lowest BCUT2D eigenvalue weighted by Crippen LogP contribution is -2.20. The van der Waals surface area contributed by atoms with Gasteiger partial charge in [0.05, 0.1) is 16.6 Å². The van der Waals surface area contributed by atoms with Gasteiger partial charge in [0, 0.05) is 46.2 Å². The first-order chi connectivity index (χ1) is 16.4. The molecule has 4 aromatic rings. The molecule has 5 rings (SSSR count). The van der Waals surface area contributed by atoms with Gasteiger partial charge in [-0.15, -0.1) is 0 Å². The highest BCUT2D eigenvalue weighted by Crippen LogP contribution is 2.42. The Hall–Kier alpha value is -3.35. The van der Waals surface area contributed by atoms with Crippen LogP contribution in [0.5, 0.6) is 0 Å². The van der Waals surface area contributed by atoms with Gasteiger partial charge in [0.1, 0.15) is 0 Å². The number of halogens is 1. The molecule has 0 radical (unpaired) electrons. The average molecular weight is 475 g/mol. The number of nitrogens with one attached hydrogen (secondary N) is 2. The summed E-state index contributed by atoms with van der Waals surface area (Å²) in [6.07, 6.45) is 2.19. The summed E-state index contributed by atoms with van der Waals surface area (Å²) in [4.78, 5) is 28.1. The molecule has 0 unspecified atom stereocenters. The number of aryl methyl sites for hydroxylation is 1. The van der Waals surface area contributed by atoms with Gasteiger partial charge in [-0.3, -0.25) is 14.9 Å². The number of carbonyl (C=O) groups excluding carboxylic acids is 2. The standard InChI is InChI=1S/C27H27ClN4O2/c1-31(2)13-7-6-12-29-16-10-11-21-19(14-16)23-22(32(21)3)15-18(17-8-4-5-9-20(17)28)24-25(23)27(34)30-26(24)33/h4-5,8-11,14-15,29H,6-7,12-13H2,1-3H3,(H,30,33,34). The van der Waals surface area contributed by atoms with E-state index < -0.39 is 0 Å². The molecule has 174 valence electrons. The van der Waals surface area contributed by atoms with Crippen LogP contribution >= 0.6 is 11.6 Å². The molecule has 2 N–H and O–H groups in total. The zero-order valence-electron chi connectivity index (χ0n) is 19.5. The van der Waals surface area contributed by atoms with Crippen molar-refractivity contribution >= 4 is 50.9 Å². The Morgan fingerprint density at radius 3 is 2.47 bits per heavy atom. The molecule has 0 atom stereocenters. The molecule has 7 heteroatoms. The van der Waals surface area contributed by atoms with Gasteiger partial charge in [0.25, 0.3) is 11.8 Å². The molecule has 2 heterocycles. The van der Waals surface area contributed by atoms with E-state index in [1.807, 2.05) is 31.3 Å². The summed E-state index contributed by atoms with van der Waals surface area (Å²) in [6, 6.07) is 15.6. The van der Waals surface area contributed by atoms with Gasteiger partial charge in [-0.25, -0.2) is 0 Å². The Morgan fingerprint density at radius 2 is 1.71 bits per heavy atom. The molecule has 0 saturated carbocycles. The Bertz CT molecular complexity index is 1450. The molecule has 0 aliphatic carbocycles. The number of aromatic nitrogens is 1. The third-order valence-electron chi connectivity index (χ3n) is 6.50. The van der Waals surface area contributed by atoms with Crippen molar-refractivity contribution in [1.82, 2.24) is 14.8 Å². The van der Waals surface area contributed by atoms with Gasteiger partial charge in [0.15, 0.2) is 0 Å². The fourth-order valence-corrected chi connectivity index (χ4v) is 5.08. The summed E-state index contributed by atoms with van der Waals surface area (Å²) in [5.74, 6) is -0.752. The first-order valence-corrected chi connectivity index (χ1v) is 11.8. The van der Waals surface area contributed by atoms with Crippen molar-refractivity contribution in [3.8, 4) is 11.1 Å². The summed E-state index contributed by atoms with van der Waals surface area (Å²) < 4.78 is 2.07. The largest absolute Gasteiger partial charge is 0.385 e. The Kier molecular flexibility index (Phi) is 5.80. The van der Waals surface area contributed by atoms with Gasteiger partial charge in [-0.05, 0) is 69.4 Å². The van der Waals surface area contributed by atoms with Gasteiger partial charge in [-0.1, -0.05) is 29.8 Å². The molecule has 1 aliphatic heterocycles. The Labute approximate surface area is 203 Å². The van der Waals surface area contributed by atoms with Crippen LogP contribution in [-0.2, 0) is 7.05 Å². The average Bonchev–Trinajstić information content (AvgIpc) is 3.26. The van der Waals surface area contributed by atoms with Gasteiger partial charge in [-0.2, -0.15) is 0 Å². The summed E-state index contributed by atoms with van der Waals surface area (Å²) in [5, 5.41) is 8.28. The zero-order chi connectivity index (χ0) is 24.0. The summed E-state index contributed by atoms with van der Waals surface area (Å²) >= 11 is 6.49. The second kappa shape index (κ2) is 8.78. The number of anilines is 1. The van der Waals surface area contributed by atoms with Crippen LogP contribution in [0.25, 0.3) is 32.9 Å². The third kappa shape index (κ3) is 3.73. The van der Waals surface area contributed by atoms with Crippen molar-refractivity contribution in [1.29, 1.82) is 0 Å². The topological polar surface area (TPSA) is 66.4 Å². The Morgan fingerprint density at radius 1 is 0.941 bits per heavy atom. The van der Waals surface area contributed by atoms with Crippen LogP contribution in [0.3, 0.4) is 0 Å². The van der Waals surface area contributed by atoms with Gasteiger partial charge >= 0.3 is 0 Å². The lowest BCUT2D eigenvalue weighted by molar-refractivity contribution is 0.0880. The maximum absolute atomic E-state index is 13.0. The molecule has 1 aliphatic rings. The van der Waals surface area contributed by atoms with Gasteiger partial charge < -0.3 is 14.8 Å². The molecular formula is C27H27ClN4O2. The second-order valence-electron chi connectivity index (χ2n) is 9.06. The molecule has 0 saturated heterocycles. The van der Waals surface area contributed by atoms with Crippen molar-refractivity contribution in [3.05, 3.63) is 64.7 Å². The number of amides is 2. The highest BCUT2D eigenvalue weighted by Gasteiger charge is 2.34. The number of rotatable bonds is 7. The number of nitrogens with zero attached hydrogens (tertiary/aromatic N) is 2. The van der Waals surface area contributed by atoms with E-state index in [2.05, 4.69) is 52.4 Å². The minimum Gasteiger partial charge on any atom is -0.385 e. The van der Waals surface area contributed by atoms with E-state index in [0.29, 0.717) is 21.7 Å². The van der Waals surface area contributed by atoms with Crippen molar-refractivity contribution in [2.45, 2.75) is 12.8 Å². The number of hydrogen-bond donors (Lipinski definition) is 2. The van der Waals surface area contributed by atoms with Gasteiger partial charge in [0.2, 0.25) is 0 Å². The van der Waals surface area contributed by atoms with Crippen LogP contribution in [0.2, 0.25) is 5.02 Å².